The number of unbranched alkanes of at least 4 members (excludes halogenated alkanes) is 4. The van der Waals surface area contributed by atoms with E-state index in [0.29, 0.717) is 17.9 Å². The van der Waals surface area contributed by atoms with Crippen LogP contribution in [0.15, 0.2) is 36.1 Å². The Bertz CT molecular complexity index is 817. The van der Waals surface area contributed by atoms with Gasteiger partial charge in [0.05, 0.1) is 5.60 Å². The zero-order valence-electron chi connectivity index (χ0n) is 20.4. The molecule has 7 unspecified atom stereocenters. The average Bonchev–Trinajstić information content (AvgIpc) is 3.00. The van der Waals surface area contributed by atoms with Gasteiger partial charge in [0.1, 0.15) is 17.4 Å². The first-order valence-electron chi connectivity index (χ1n) is 12.7. The van der Waals surface area contributed by atoms with Crippen LogP contribution in [0.25, 0.3) is 0 Å². The molecule has 3 N–H and O–H groups in total. The third kappa shape index (κ3) is 4.83. The molecule has 0 spiro atoms. The van der Waals surface area contributed by atoms with Crippen molar-refractivity contribution in [3.8, 4) is 0 Å². The van der Waals surface area contributed by atoms with Gasteiger partial charge < -0.3 is 10.2 Å². The summed E-state index contributed by atoms with van der Waals surface area (Å²) in [5.74, 6) is -2.94. The molecule has 3 aliphatic rings. The predicted molar refractivity (Wildman–Crippen MR) is 127 cm³/mol. The number of aliphatic hydroxyl groups excluding tert-OH is 1. The highest BCUT2D eigenvalue weighted by Crippen LogP contribution is 2.51. The topological polar surface area (TPSA) is 98.1 Å². The summed E-state index contributed by atoms with van der Waals surface area (Å²) in [4.78, 5) is 26.4. The Kier molecular flexibility index (Phi) is 8.22. The van der Waals surface area contributed by atoms with E-state index < -0.39 is 29.3 Å². The molecule has 2 fully saturated rings. The SMILES string of the molecule is C=CC(CCCCCCC)C1C(=O)C(=C(O)C2C(C)C=CC3(O)CCCC(C)C23)C(=O)N1O. The van der Waals surface area contributed by atoms with Crippen LogP contribution in [-0.4, -0.2) is 43.8 Å². The summed E-state index contributed by atoms with van der Waals surface area (Å²) in [5.41, 5.74) is -1.39. The number of Topliss-reactive ketones (excluding diaryl/α,β-unsaturated/α-hetero) is 1. The first kappa shape index (κ1) is 25.7. The summed E-state index contributed by atoms with van der Waals surface area (Å²) >= 11 is 0. The maximum atomic E-state index is 13.4. The molecule has 6 heteroatoms. The fourth-order valence-corrected chi connectivity index (χ4v) is 6.36. The molecule has 1 saturated carbocycles. The van der Waals surface area contributed by atoms with Gasteiger partial charge in [-0.15, -0.1) is 6.58 Å². The van der Waals surface area contributed by atoms with E-state index in [4.69, 9.17) is 0 Å². The Balaban J connectivity index is 1.89. The van der Waals surface area contributed by atoms with Gasteiger partial charge in [-0.2, -0.15) is 0 Å². The molecule has 1 aliphatic heterocycles. The molecule has 6 nitrogen and oxygen atoms in total. The van der Waals surface area contributed by atoms with Gasteiger partial charge in [-0.1, -0.05) is 77.5 Å². The highest BCUT2D eigenvalue weighted by molar-refractivity contribution is 6.26. The second-order valence-electron chi connectivity index (χ2n) is 10.5. The zero-order valence-corrected chi connectivity index (χ0v) is 20.4. The van der Waals surface area contributed by atoms with Crippen molar-refractivity contribution in [1.29, 1.82) is 0 Å². The lowest BCUT2D eigenvalue weighted by Gasteiger charge is -2.50. The fourth-order valence-electron chi connectivity index (χ4n) is 6.36. The summed E-state index contributed by atoms with van der Waals surface area (Å²) in [7, 11) is 0. The lowest BCUT2D eigenvalue weighted by molar-refractivity contribution is -0.168. The monoisotopic (exact) mass is 459 g/mol. The van der Waals surface area contributed by atoms with Crippen molar-refractivity contribution in [2.45, 2.75) is 90.2 Å². The van der Waals surface area contributed by atoms with Gasteiger partial charge in [-0.05, 0) is 31.1 Å². The predicted octanol–water partition coefficient (Wildman–Crippen LogP) is 5.12. The first-order valence-corrected chi connectivity index (χ1v) is 12.7. The first-order chi connectivity index (χ1) is 15.7. The zero-order chi connectivity index (χ0) is 24.3. The molecule has 0 aromatic carbocycles. The molecular formula is C27H41NO5. The van der Waals surface area contributed by atoms with E-state index in [0.717, 1.165) is 44.9 Å². The van der Waals surface area contributed by atoms with Gasteiger partial charge in [-0.25, -0.2) is 5.06 Å². The Morgan fingerprint density at radius 1 is 1.27 bits per heavy atom. The van der Waals surface area contributed by atoms with Gasteiger partial charge in [0, 0.05) is 17.8 Å². The molecule has 33 heavy (non-hydrogen) atoms. The van der Waals surface area contributed by atoms with Crippen molar-refractivity contribution >= 4 is 11.7 Å². The van der Waals surface area contributed by atoms with Crippen molar-refractivity contribution in [2.24, 2.45) is 29.6 Å². The molecule has 0 aromatic rings. The Labute approximate surface area is 198 Å². The van der Waals surface area contributed by atoms with Crippen LogP contribution >= 0.6 is 0 Å². The highest BCUT2D eigenvalue weighted by Gasteiger charge is 2.54. The average molecular weight is 460 g/mol. The number of allylic oxidation sites excluding steroid dienone is 2. The van der Waals surface area contributed by atoms with E-state index >= 15 is 0 Å². The summed E-state index contributed by atoms with van der Waals surface area (Å²) in [6.45, 7) is 9.97. The van der Waals surface area contributed by atoms with Crippen molar-refractivity contribution < 1.29 is 25.0 Å². The van der Waals surface area contributed by atoms with Crippen molar-refractivity contribution in [2.75, 3.05) is 0 Å². The normalized spacial score (nSPS) is 36.6. The van der Waals surface area contributed by atoms with E-state index in [1.807, 2.05) is 19.1 Å². The van der Waals surface area contributed by atoms with E-state index in [2.05, 4.69) is 20.4 Å². The Morgan fingerprint density at radius 2 is 1.97 bits per heavy atom. The second kappa shape index (κ2) is 10.6. The van der Waals surface area contributed by atoms with Crippen LogP contribution in [0.2, 0.25) is 0 Å². The van der Waals surface area contributed by atoms with Crippen molar-refractivity contribution in [3.05, 3.63) is 36.1 Å². The van der Waals surface area contributed by atoms with Gasteiger partial charge >= 0.3 is 0 Å². The summed E-state index contributed by atoms with van der Waals surface area (Å²) in [5, 5.41) is 33.7. The molecule has 1 heterocycles. The minimum absolute atomic E-state index is 0.126. The number of hydrogen-bond donors (Lipinski definition) is 3. The minimum atomic E-state index is -1.06. The largest absolute Gasteiger partial charge is 0.511 e. The van der Waals surface area contributed by atoms with E-state index in [9.17, 15) is 25.0 Å². The van der Waals surface area contributed by atoms with Gasteiger partial charge in [0.25, 0.3) is 5.91 Å². The summed E-state index contributed by atoms with van der Waals surface area (Å²) in [6, 6.07) is -1.06. The minimum Gasteiger partial charge on any atom is -0.511 e. The quantitative estimate of drug-likeness (QED) is 0.111. The van der Waals surface area contributed by atoms with Gasteiger partial charge in [0.2, 0.25) is 0 Å². The van der Waals surface area contributed by atoms with Crippen LogP contribution in [0.4, 0.5) is 0 Å². The third-order valence-electron chi connectivity index (χ3n) is 8.19. The van der Waals surface area contributed by atoms with Crippen LogP contribution in [0.5, 0.6) is 0 Å². The number of nitrogens with zero attached hydrogens (tertiary/aromatic N) is 1. The van der Waals surface area contributed by atoms with Crippen molar-refractivity contribution in [1.82, 2.24) is 5.06 Å². The highest BCUT2D eigenvalue weighted by atomic mass is 16.5. The molecule has 3 rings (SSSR count). The lowest BCUT2D eigenvalue weighted by atomic mass is 9.58. The number of aliphatic hydroxyl groups is 2. The fraction of sp³-hybridized carbons (Fsp3) is 0.704. The maximum absolute atomic E-state index is 13.4. The molecule has 0 aromatic heterocycles. The van der Waals surface area contributed by atoms with E-state index in [1.165, 1.54) is 0 Å². The standard InChI is InChI=1S/C27H41NO5/c1-5-7-8-9-10-13-19(6-2)23-25(30)21(26(31)28(23)33)24(29)20-17(3)14-16-27(32)15-11-12-18(4)22(20)27/h6,14,16-20,22-23,29,32-33H,2,5,7-13,15H2,1,3-4H3. The molecular weight excluding hydrogens is 418 g/mol. The maximum Gasteiger partial charge on any atom is 0.285 e. The number of fused-ring (bicyclic) bond motifs is 1. The number of carbonyl (C=O) groups is 2. The molecule has 1 saturated heterocycles. The van der Waals surface area contributed by atoms with Gasteiger partial charge in [-0.3, -0.25) is 14.8 Å². The molecule has 184 valence electrons. The Morgan fingerprint density at radius 3 is 2.64 bits per heavy atom. The smallest absolute Gasteiger partial charge is 0.285 e. The number of ketones is 1. The third-order valence-corrected chi connectivity index (χ3v) is 8.19. The van der Waals surface area contributed by atoms with E-state index in [-0.39, 0.29) is 35.0 Å². The summed E-state index contributed by atoms with van der Waals surface area (Å²) in [6.07, 6.45) is 13.7. The number of amides is 1. The second-order valence-corrected chi connectivity index (χ2v) is 10.5. The van der Waals surface area contributed by atoms with Crippen LogP contribution in [-0.2, 0) is 9.59 Å². The van der Waals surface area contributed by atoms with Crippen LogP contribution < -0.4 is 0 Å². The summed E-state index contributed by atoms with van der Waals surface area (Å²) < 4.78 is 0. The molecule has 0 bridgehead atoms. The lowest BCUT2D eigenvalue weighted by Crippen LogP contribution is -2.51. The van der Waals surface area contributed by atoms with E-state index in [1.54, 1.807) is 6.08 Å². The molecule has 2 aliphatic carbocycles. The Hall–Kier alpha value is -1.92. The van der Waals surface area contributed by atoms with Crippen LogP contribution in [0.3, 0.4) is 0 Å². The number of hydrogen-bond acceptors (Lipinski definition) is 5. The van der Waals surface area contributed by atoms with Crippen LogP contribution in [0.1, 0.15) is 78.6 Å². The number of carbonyl (C=O) groups excluding carboxylic acids is 2. The molecule has 7 atom stereocenters. The molecule has 0 radical (unpaired) electrons. The number of rotatable bonds is 9. The van der Waals surface area contributed by atoms with Crippen molar-refractivity contribution in [3.63, 3.8) is 0 Å². The molecule has 1 amide bonds. The van der Waals surface area contributed by atoms with Crippen LogP contribution in [0, 0.1) is 29.6 Å². The van der Waals surface area contributed by atoms with Gasteiger partial charge in [0.15, 0.2) is 5.78 Å². The number of hydroxylamine groups is 2.